The molecule has 0 unspecified atom stereocenters. The summed E-state index contributed by atoms with van der Waals surface area (Å²) in [5.41, 5.74) is 1.52. The van der Waals surface area contributed by atoms with Gasteiger partial charge in [0.05, 0.1) is 11.2 Å². The molecule has 1 fully saturated rings. The number of aromatic nitrogens is 3. The smallest absolute Gasteiger partial charge is 0.399 e. The van der Waals surface area contributed by atoms with E-state index in [-0.39, 0.29) is 18.3 Å². The van der Waals surface area contributed by atoms with Gasteiger partial charge in [0.2, 0.25) is 0 Å². The van der Waals surface area contributed by atoms with Crippen LogP contribution in [-0.4, -0.2) is 32.4 Å². The number of fused-ring (bicyclic) bond motifs is 1. The number of hydrogen-bond acceptors (Lipinski definition) is 3. The summed E-state index contributed by atoms with van der Waals surface area (Å²) >= 11 is 0. The summed E-state index contributed by atoms with van der Waals surface area (Å²) in [6.45, 7) is 8.30. The quantitative estimate of drug-likeness (QED) is 0.681. The van der Waals surface area contributed by atoms with E-state index in [4.69, 9.17) is 9.31 Å². The van der Waals surface area contributed by atoms with Crippen molar-refractivity contribution >= 4 is 23.5 Å². The first-order chi connectivity index (χ1) is 11.3. The minimum absolute atomic E-state index is 0.331. The van der Waals surface area contributed by atoms with Gasteiger partial charge in [0.25, 0.3) is 0 Å². The van der Waals surface area contributed by atoms with Crippen LogP contribution in [0.3, 0.4) is 0 Å². The van der Waals surface area contributed by atoms with Gasteiger partial charge in [0, 0.05) is 30.3 Å². The number of benzene rings is 1. The molecule has 0 atom stereocenters. The highest BCUT2D eigenvalue weighted by Gasteiger charge is 2.51. The Morgan fingerprint density at radius 1 is 1.04 bits per heavy atom. The van der Waals surface area contributed by atoms with E-state index in [9.17, 15) is 0 Å². The van der Waals surface area contributed by atoms with Gasteiger partial charge in [-0.05, 0) is 45.3 Å². The molecule has 1 saturated heterocycles. The van der Waals surface area contributed by atoms with E-state index in [1.807, 2.05) is 17.1 Å². The van der Waals surface area contributed by atoms with Crippen molar-refractivity contribution in [1.29, 1.82) is 0 Å². The topological polar surface area (TPSA) is 41.2 Å². The number of hydrogen-bond donors (Lipinski definition) is 0. The molecule has 5 nitrogen and oxygen atoms in total. The first-order valence-corrected chi connectivity index (χ1v) is 8.22. The van der Waals surface area contributed by atoms with Crippen molar-refractivity contribution in [3.8, 4) is 5.82 Å². The first-order valence-electron chi connectivity index (χ1n) is 8.22. The normalized spacial score (nSPS) is 19.3. The third-order valence-corrected chi connectivity index (χ3v) is 5.34. The van der Waals surface area contributed by atoms with Crippen LogP contribution in [0, 0.1) is 0 Å². The van der Waals surface area contributed by atoms with Crippen LogP contribution < -0.4 is 5.46 Å². The fourth-order valence-electron chi connectivity index (χ4n) is 3.10. The van der Waals surface area contributed by atoms with Crippen molar-refractivity contribution in [3.63, 3.8) is 0 Å². The van der Waals surface area contributed by atoms with Gasteiger partial charge in [-0.15, -0.1) is 0 Å². The van der Waals surface area contributed by atoms with Gasteiger partial charge in [-0.25, -0.2) is 4.98 Å². The van der Waals surface area contributed by atoms with Crippen molar-refractivity contribution in [3.05, 3.63) is 43.0 Å². The van der Waals surface area contributed by atoms with Crippen LogP contribution in [0.5, 0.6) is 0 Å². The number of nitrogens with zero attached hydrogens (tertiary/aromatic N) is 3. The maximum Gasteiger partial charge on any atom is 0.494 e. The summed E-state index contributed by atoms with van der Waals surface area (Å²) in [6, 6.07) is 8.52. The molecule has 0 amide bonds. The maximum atomic E-state index is 6.17. The second-order valence-corrected chi connectivity index (χ2v) is 7.44. The molecular weight excluding hydrogens is 301 g/mol. The second-order valence-electron chi connectivity index (χ2n) is 7.44. The molecule has 3 heterocycles. The lowest BCUT2D eigenvalue weighted by molar-refractivity contribution is 0.00578. The van der Waals surface area contributed by atoms with Crippen molar-refractivity contribution < 1.29 is 9.31 Å². The Hall–Kier alpha value is -2.05. The van der Waals surface area contributed by atoms with E-state index in [1.54, 1.807) is 6.20 Å². The molecule has 3 aromatic rings. The van der Waals surface area contributed by atoms with Crippen LogP contribution in [0.25, 0.3) is 16.7 Å². The van der Waals surface area contributed by atoms with Crippen molar-refractivity contribution in [2.75, 3.05) is 0 Å². The van der Waals surface area contributed by atoms with Crippen LogP contribution in [0.4, 0.5) is 0 Å². The molecule has 0 N–H and O–H groups in total. The molecule has 0 aliphatic carbocycles. The second kappa shape index (κ2) is 4.97. The minimum Gasteiger partial charge on any atom is -0.399 e. The summed E-state index contributed by atoms with van der Waals surface area (Å²) in [7, 11) is 1.72. The molecule has 0 saturated carbocycles. The molecule has 24 heavy (non-hydrogen) atoms. The average Bonchev–Trinajstić information content (AvgIpc) is 3.18. The Morgan fingerprint density at radius 3 is 2.38 bits per heavy atom. The summed E-state index contributed by atoms with van der Waals surface area (Å²) < 4.78 is 16.5. The molecular formula is C18H22BN3O2. The number of aryl methyl sites for hydroxylation is 1. The van der Waals surface area contributed by atoms with Crippen LogP contribution in [0.1, 0.15) is 27.7 Å². The molecule has 6 heteroatoms. The van der Waals surface area contributed by atoms with Crippen LogP contribution >= 0.6 is 0 Å². The van der Waals surface area contributed by atoms with Gasteiger partial charge < -0.3 is 13.9 Å². The van der Waals surface area contributed by atoms with E-state index >= 15 is 0 Å². The number of imidazole rings is 1. The highest BCUT2D eigenvalue weighted by atomic mass is 16.7. The average molecular weight is 323 g/mol. The van der Waals surface area contributed by atoms with Crippen LogP contribution in [0.15, 0.2) is 43.0 Å². The predicted octanol–water partition coefficient (Wildman–Crippen LogP) is 2.66. The lowest BCUT2D eigenvalue weighted by Crippen LogP contribution is -2.41. The number of rotatable bonds is 2. The standard InChI is InChI=1S/C18H22BN3O2/c1-17(2)18(3,4)24-19(23-17)14-7-6-13-10-16(21(5)15(13)11-14)22-9-8-20-12-22/h6-12H,1-5H3. The molecule has 1 aromatic carbocycles. The van der Waals surface area contributed by atoms with Crippen molar-refractivity contribution in [2.45, 2.75) is 38.9 Å². The lowest BCUT2D eigenvalue weighted by Gasteiger charge is -2.32. The van der Waals surface area contributed by atoms with E-state index < -0.39 is 0 Å². The molecule has 2 aromatic heterocycles. The molecule has 4 rings (SSSR count). The van der Waals surface area contributed by atoms with Gasteiger partial charge in [0.1, 0.15) is 12.1 Å². The predicted molar refractivity (Wildman–Crippen MR) is 95.8 cm³/mol. The maximum absolute atomic E-state index is 6.17. The Kier molecular flexibility index (Phi) is 3.21. The Bertz CT molecular complexity index is 881. The summed E-state index contributed by atoms with van der Waals surface area (Å²) in [5.74, 6) is 1.08. The van der Waals surface area contributed by atoms with Gasteiger partial charge in [0.15, 0.2) is 0 Å². The Balaban J connectivity index is 1.76. The summed E-state index contributed by atoms with van der Waals surface area (Å²) in [6.07, 6.45) is 5.54. The van der Waals surface area contributed by atoms with Gasteiger partial charge in [-0.3, -0.25) is 4.57 Å². The monoisotopic (exact) mass is 323 g/mol. The van der Waals surface area contributed by atoms with Gasteiger partial charge >= 0.3 is 7.12 Å². The highest BCUT2D eigenvalue weighted by molar-refractivity contribution is 6.62. The van der Waals surface area contributed by atoms with E-state index in [0.717, 1.165) is 16.8 Å². The molecule has 0 bridgehead atoms. The SMILES string of the molecule is Cn1c(-n2ccnc2)cc2ccc(B3OC(C)(C)C(C)(C)O3)cc21. The zero-order valence-electron chi connectivity index (χ0n) is 14.8. The van der Waals surface area contributed by atoms with E-state index in [1.165, 1.54) is 5.39 Å². The summed E-state index contributed by atoms with van der Waals surface area (Å²) in [4.78, 5) is 4.13. The van der Waals surface area contributed by atoms with E-state index in [0.29, 0.717) is 0 Å². The fourth-order valence-corrected chi connectivity index (χ4v) is 3.10. The summed E-state index contributed by atoms with van der Waals surface area (Å²) in [5, 5.41) is 1.18. The Morgan fingerprint density at radius 2 is 1.75 bits per heavy atom. The van der Waals surface area contributed by atoms with Crippen LogP contribution in [0.2, 0.25) is 0 Å². The molecule has 0 spiro atoms. The van der Waals surface area contributed by atoms with Crippen molar-refractivity contribution in [2.24, 2.45) is 7.05 Å². The fraction of sp³-hybridized carbons (Fsp3) is 0.389. The lowest BCUT2D eigenvalue weighted by atomic mass is 9.79. The zero-order chi connectivity index (χ0) is 17.1. The van der Waals surface area contributed by atoms with Crippen molar-refractivity contribution in [1.82, 2.24) is 14.1 Å². The Labute approximate surface area is 142 Å². The molecule has 1 aliphatic rings. The van der Waals surface area contributed by atoms with Crippen LogP contribution in [-0.2, 0) is 16.4 Å². The zero-order valence-corrected chi connectivity index (χ0v) is 14.8. The highest BCUT2D eigenvalue weighted by Crippen LogP contribution is 2.36. The molecule has 124 valence electrons. The van der Waals surface area contributed by atoms with Gasteiger partial charge in [-0.2, -0.15) is 0 Å². The largest absolute Gasteiger partial charge is 0.494 e. The minimum atomic E-state index is -0.342. The molecule has 0 radical (unpaired) electrons. The third kappa shape index (κ3) is 2.21. The molecule has 1 aliphatic heterocycles. The van der Waals surface area contributed by atoms with E-state index in [2.05, 4.69) is 68.6 Å². The third-order valence-electron chi connectivity index (χ3n) is 5.34. The first kappa shape index (κ1) is 15.5. The van der Waals surface area contributed by atoms with Gasteiger partial charge in [-0.1, -0.05) is 12.1 Å².